The largest absolute Gasteiger partial charge is 0.399 e. The molecule has 0 bridgehead atoms. The fraction of sp³-hybridized carbons (Fsp3) is 0.100. The molecule has 0 radical (unpaired) electrons. The summed E-state index contributed by atoms with van der Waals surface area (Å²) in [7, 11) is 1.92. The molecule has 0 amide bonds. The van der Waals surface area contributed by atoms with Gasteiger partial charge in [0, 0.05) is 24.5 Å². The molecule has 0 saturated carbocycles. The molecule has 4 heteroatoms. The molecule has 0 spiro atoms. The maximum Gasteiger partial charge on any atom is 0.0951 e. The molecule has 0 saturated heterocycles. The van der Waals surface area contributed by atoms with E-state index in [1.165, 1.54) is 0 Å². The molecule has 14 heavy (non-hydrogen) atoms. The number of benzene rings is 1. The number of aromatic nitrogens is 2. The molecule has 72 valence electrons. The van der Waals surface area contributed by atoms with Crippen molar-refractivity contribution in [1.82, 2.24) is 9.55 Å². The van der Waals surface area contributed by atoms with E-state index in [0.29, 0.717) is 10.7 Å². The van der Waals surface area contributed by atoms with Gasteiger partial charge in [-0.2, -0.15) is 0 Å². The van der Waals surface area contributed by atoms with Crippen molar-refractivity contribution in [3.05, 3.63) is 35.7 Å². The van der Waals surface area contributed by atoms with Crippen molar-refractivity contribution in [3.63, 3.8) is 0 Å². The summed E-state index contributed by atoms with van der Waals surface area (Å²) >= 11 is 6.04. The number of nitrogen functional groups attached to an aromatic ring is 1. The Bertz CT molecular complexity index is 462. The van der Waals surface area contributed by atoms with Crippen LogP contribution in [0.2, 0.25) is 5.02 Å². The minimum absolute atomic E-state index is 0.628. The van der Waals surface area contributed by atoms with Crippen molar-refractivity contribution >= 4 is 17.3 Å². The fourth-order valence-corrected chi connectivity index (χ4v) is 1.58. The second-order valence-corrected chi connectivity index (χ2v) is 3.57. The molecule has 0 atom stereocenters. The van der Waals surface area contributed by atoms with E-state index in [-0.39, 0.29) is 0 Å². The zero-order valence-electron chi connectivity index (χ0n) is 7.74. The second kappa shape index (κ2) is 3.35. The van der Waals surface area contributed by atoms with Gasteiger partial charge in [0.25, 0.3) is 0 Å². The molecule has 2 aromatic rings. The van der Waals surface area contributed by atoms with Crippen LogP contribution in [-0.4, -0.2) is 9.55 Å². The highest BCUT2D eigenvalue weighted by atomic mass is 35.5. The smallest absolute Gasteiger partial charge is 0.0951 e. The number of halogens is 1. The molecule has 0 aliphatic rings. The second-order valence-electron chi connectivity index (χ2n) is 3.16. The van der Waals surface area contributed by atoms with E-state index in [9.17, 15) is 0 Å². The predicted octanol–water partition coefficient (Wildman–Crippen LogP) is 2.32. The normalized spacial score (nSPS) is 10.4. The first-order valence-electron chi connectivity index (χ1n) is 4.20. The van der Waals surface area contributed by atoms with Gasteiger partial charge in [-0.05, 0) is 18.2 Å². The summed E-state index contributed by atoms with van der Waals surface area (Å²) in [4.78, 5) is 4.21. The van der Waals surface area contributed by atoms with E-state index in [1.807, 2.05) is 29.9 Å². The molecule has 1 aromatic heterocycles. The summed E-state index contributed by atoms with van der Waals surface area (Å²) in [6, 6.07) is 5.42. The zero-order chi connectivity index (χ0) is 10.1. The van der Waals surface area contributed by atoms with Gasteiger partial charge in [-0.3, -0.25) is 0 Å². The van der Waals surface area contributed by atoms with Gasteiger partial charge in [0.05, 0.1) is 17.0 Å². The number of imidazole rings is 1. The van der Waals surface area contributed by atoms with Crippen LogP contribution in [0.25, 0.3) is 11.3 Å². The first-order chi connectivity index (χ1) is 6.66. The Hall–Kier alpha value is -1.48. The lowest BCUT2D eigenvalue weighted by Crippen LogP contribution is -1.86. The molecule has 1 heterocycles. The Morgan fingerprint density at radius 1 is 1.43 bits per heavy atom. The first-order valence-corrected chi connectivity index (χ1v) is 4.58. The van der Waals surface area contributed by atoms with Crippen molar-refractivity contribution < 1.29 is 0 Å². The van der Waals surface area contributed by atoms with Crippen molar-refractivity contribution in [1.29, 1.82) is 0 Å². The van der Waals surface area contributed by atoms with Crippen molar-refractivity contribution in [2.24, 2.45) is 7.05 Å². The molecular formula is C10H10ClN3. The van der Waals surface area contributed by atoms with Crippen LogP contribution in [0, 0.1) is 0 Å². The van der Waals surface area contributed by atoms with Gasteiger partial charge >= 0.3 is 0 Å². The SMILES string of the molecule is Cn1cnc(-c2ccc(N)cc2Cl)c1. The van der Waals surface area contributed by atoms with E-state index < -0.39 is 0 Å². The standard InChI is InChI=1S/C10H10ClN3/c1-14-5-10(13-6-14)8-3-2-7(12)4-9(8)11/h2-6H,12H2,1H3. The molecule has 0 aliphatic heterocycles. The molecule has 1 aromatic carbocycles. The van der Waals surface area contributed by atoms with Gasteiger partial charge in [-0.1, -0.05) is 11.6 Å². The predicted molar refractivity (Wildman–Crippen MR) is 58.1 cm³/mol. The van der Waals surface area contributed by atoms with Crippen LogP contribution < -0.4 is 5.73 Å². The van der Waals surface area contributed by atoms with E-state index in [1.54, 1.807) is 12.4 Å². The molecule has 0 aliphatic carbocycles. The molecule has 2 rings (SSSR count). The number of nitrogens with zero attached hydrogens (tertiary/aromatic N) is 2. The third-order valence-electron chi connectivity index (χ3n) is 1.97. The van der Waals surface area contributed by atoms with Crippen LogP contribution in [0.15, 0.2) is 30.7 Å². The molecule has 2 N–H and O–H groups in total. The maximum absolute atomic E-state index is 6.04. The van der Waals surface area contributed by atoms with Gasteiger partial charge in [0.15, 0.2) is 0 Å². The van der Waals surface area contributed by atoms with Crippen LogP contribution in [0.5, 0.6) is 0 Å². The number of hydrogen-bond donors (Lipinski definition) is 1. The summed E-state index contributed by atoms with van der Waals surface area (Å²) in [5, 5.41) is 0.628. The van der Waals surface area contributed by atoms with Crippen molar-refractivity contribution in [2.75, 3.05) is 5.73 Å². The lowest BCUT2D eigenvalue weighted by molar-refractivity contribution is 0.913. The van der Waals surface area contributed by atoms with Crippen LogP contribution in [0.4, 0.5) is 5.69 Å². The zero-order valence-corrected chi connectivity index (χ0v) is 8.49. The van der Waals surface area contributed by atoms with Gasteiger partial charge in [-0.15, -0.1) is 0 Å². The first kappa shape index (κ1) is 9.09. The number of hydrogen-bond acceptors (Lipinski definition) is 2. The highest BCUT2D eigenvalue weighted by molar-refractivity contribution is 6.33. The monoisotopic (exact) mass is 207 g/mol. The third kappa shape index (κ3) is 1.59. The Kier molecular flexibility index (Phi) is 2.17. The average Bonchev–Trinajstić information content (AvgIpc) is 2.51. The summed E-state index contributed by atoms with van der Waals surface area (Å²) in [6.07, 6.45) is 3.65. The Morgan fingerprint density at radius 2 is 2.21 bits per heavy atom. The number of nitrogens with two attached hydrogens (primary N) is 1. The van der Waals surface area contributed by atoms with Gasteiger partial charge in [-0.25, -0.2) is 4.98 Å². The fourth-order valence-electron chi connectivity index (χ4n) is 1.29. The third-order valence-corrected chi connectivity index (χ3v) is 2.29. The van der Waals surface area contributed by atoms with E-state index >= 15 is 0 Å². The lowest BCUT2D eigenvalue weighted by atomic mass is 10.1. The lowest BCUT2D eigenvalue weighted by Gasteiger charge is -2.01. The molecule has 3 nitrogen and oxygen atoms in total. The van der Waals surface area contributed by atoms with Crippen molar-refractivity contribution in [2.45, 2.75) is 0 Å². The van der Waals surface area contributed by atoms with Crippen LogP contribution >= 0.6 is 11.6 Å². The molecule has 0 fully saturated rings. The highest BCUT2D eigenvalue weighted by Gasteiger charge is 2.05. The Labute approximate surface area is 87.1 Å². The minimum Gasteiger partial charge on any atom is -0.399 e. The van der Waals surface area contributed by atoms with E-state index in [2.05, 4.69) is 4.98 Å². The van der Waals surface area contributed by atoms with Gasteiger partial charge in [0.2, 0.25) is 0 Å². The summed E-state index contributed by atoms with van der Waals surface area (Å²) in [5.41, 5.74) is 8.03. The Balaban J connectivity index is 2.52. The van der Waals surface area contributed by atoms with Crippen LogP contribution in [0.3, 0.4) is 0 Å². The Morgan fingerprint density at radius 3 is 2.79 bits per heavy atom. The molecule has 0 unspecified atom stereocenters. The summed E-state index contributed by atoms with van der Waals surface area (Å²) in [5.74, 6) is 0. The van der Waals surface area contributed by atoms with E-state index in [4.69, 9.17) is 17.3 Å². The van der Waals surface area contributed by atoms with Crippen LogP contribution in [0.1, 0.15) is 0 Å². The van der Waals surface area contributed by atoms with Gasteiger partial charge < -0.3 is 10.3 Å². The van der Waals surface area contributed by atoms with Gasteiger partial charge in [0.1, 0.15) is 0 Å². The highest BCUT2D eigenvalue weighted by Crippen LogP contribution is 2.27. The van der Waals surface area contributed by atoms with E-state index in [0.717, 1.165) is 11.3 Å². The van der Waals surface area contributed by atoms with Crippen molar-refractivity contribution in [3.8, 4) is 11.3 Å². The maximum atomic E-state index is 6.04. The van der Waals surface area contributed by atoms with Crippen LogP contribution in [-0.2, 0) is 7.05 Å². The topological polar surface area (TPSA) is 43.8 Å². The average molecular weight is 208 g/mol. The number of aryl methyl sites for hydroxylation is 1. The molecular weight excluding hydrogens is 198 g/mol. The summed E-state index contributed by atoms with van der Waals surface area (Å²) in [6.45, 7) is 0. The number of rotatable bonds is 1. The summed E-state index contributed by atoms with van der Waals surface area (Å²) < 4.78 is 1.88. The minimum atomic E-state index is 0.628. The number of anilines is 1. The quantitative estimate of drug-likeness (QED) is 0.730.